The van der Waals surface area contributed by atoms with Gasteiger partial charge in [0, 0.05) is 23.5 Å². The third-order valence-corrected chi connectivity index (χ3v) is 7.46. The minimum absolute atomic E-state index is 0.0000747. The fourth-order valence-corrected chi connectivity index (χ4v) is 4.77. The molecule has 3 N–H and O–H groups in total. The Morgan fingerprint density at radius 2 is 1.74 bits per heavy atom. The number of thiocarbonyl (C=S) groups is 1. The number of methoxy groups -OCH3 is 1. The lowest BCUT2D eigenvalue weighted by atomic mass is 9.87. The Kier molecular flexibility index (Phi) is 9.81. The molecule has 0 aliphatic carbocycles. The SMILES string of the molecule is COc1nccnc1NS(=O)(=O)c1ccc(NC(=S)NC(=O)C(C)(C)CCCOc2cc(C)ccc2C)cc1. The van der Waals surface area contributed by atoms with Gasteiger partial charge in [0.25, 0.3) is 15.9 Å². The normalized spacial score (nSPS) is 11.4. The molecule has 39 heavy (non-hydrogen) atoms. The number of sulfonamides is 1. The van der Waals surface area contributed by atoms with E-state index in [1.807, 2.05) is 45.9 Å². The molecule has 1 amide bonds. The Hall–Kier alpha value is -3.77. The number of rotatable bonds is 11. The van der Waals surface area contributed by atoms with E-state index in [1.165, 1.54) is 43.8 Å². The van der Waals surface area contributed by atoms with Gasteiger partial charge in [-0.3, -0.25) is 9.52 Å². The standard InChI is InChI=1S/C27H33N5O5S2/c1-18-7-8-19(2)22(17-18)37-16-6-13-27(3,4)25(33)31-26(38)30-20-9-11-21(12-10-20)39(34,35)32-23-24(36-5)29-15-14-28-23/h7-12,14-15,17H,6,13,16H2,1-5H3,(H,28,32)(H2,30,31,33,38). The molecule has 0 atom stereocenters. The second-order valence-electron chi connectivity index (χ2n) is 9.56. The van der Waals surface area contributed by atoms with Gasteiger partial charge in [-0.15, -0.1) is 0 Å². The number of benzene rings is 2. The lowest BCUT2D eigenvalue weighted by Crippen LogP contribution is -2.42. The van der Waals surface area contributed by atoms with E-state index in [2.05, 4.69) is 25.3 Å². The maximum Gasteiger partial charge on any atom is 0.263 e. The first kappa shape index (κ1) is 29.8. The number of aromatic nitrogens is 2. The number of ether oxygens (including phenoxy) is 2. The zero-order valence-electron chi connectivity index (χ0n) is 22.6. The van der Waals surface area contributed by atoms with E-state index < -0.39 is 15.4 Å². The fraction of sp³-hybridized carbons (Fsp3) is 0.333. The van der Waals surface area contributed by atoms with E-state index in [4.69, 9.17) is 21.7 Å². The molecule has 0 saturated heterocycles. The molecule has 0 fully saturated rings. The third-order valence-electron chi connectivity index (χ3n) is 5.90. The summed E-state index contributed by atoms with van der Waals surface area (Å²) in [5, 5.41) is 5.73. The number of hydrogen-bond acceptors (Lipinski definition) is 8. The molecule has 0 unspecified atom stereocenters. The summed E-state index contributed by atoms with van der Waals surface area (Å²) in [7, 11) is -2.57. The summed E-state index contributed by atoms with van der Waals surface area (Å²) in [5.74, 6) is 0.654. The molecule has 10 nitrogen and oxygen atoms in total. The summed E-state index contributed by atoms with van der Waals surface area (Å²) in [6.45, 7) is 8.21. The van der Waals surface area contributed by atoms with Crippen molar-refractivity contribution in [3.63, 3.8) is 0 Å². The second-order valence-corrected chi connectivity index (χ2v) is 11.6. The summed E-state index contributed by atoms with van der Waals surface area (Å²) in [6, 6.07) is 11.9. The van der Waals surface area contributed by atoms with Crippen LogP contribution in [0.2, 0.25) is 0 Å². The third kappa shape index (κ3) is 8.36. The molecule has 3 rings (SSSR count). The molecule has 0 saturated carbocycles. The smallest absolute Gasteiger partial charge is 0.263 e. The van der Waals surface area contributed by atoms with Gasteiger partial charge in [0.15, 0.2) is 5.11 Å². The summed E-state index contributed by atoms with van der Waals surface area (Å²) in [6.07, 6.45) is 4.03. The molecule has 208 valence electrons. The van der Waals surface area contributed by atoms with Gasteiger partial charge in [-0.25, -0.2) is 18.4 Å². The van der Waals surface area contributed by atoms with Crippen LogP contribution in [0.15, 0.2) is 59.8 Å². The molecule has 0 radical (unpaired) electrons. The van der Waals surface area contributed by atoms with Crippen molar-refractivity contribution >= 4 is 44.8 Å². The minimum Gasteiger partial charge on any atom is -0.493 e. The van der Waals surface area contributed by atoms with Crippen LogP contribution in [-0.2, 0) is 14.8 Å². The quantitative estimate of drug-likeness (QED) is 0.223. The Bertz CT molecular complexity index is 1430. The number of aryl methyl sites for hydroxylation is 2. The Morgan fingerprint density at radius 3 is 2.44 bits per heavy atom. The van der Waals surface area contributed by atoms with Crippen LogP contribution in [0.5, 0.6) is 11.6 Å². The van der Waals surface area contributed by atoms with E-state index in [0.717, 1.165) is 16.9 Å². The summed E-state index contributed by atoms with van der Waals surface area (Å²) in [5.41, 5.74) is 2.03. The van der Waals surface area contributed by atoms with Crippen molar-refractivity contribution in [1.29, 1.82) is 0 Å². The van der Waals surface area contributed by atoms with Crippen molar-refractivity contribution in [2.75, 3.05) is 23.8 Å². The number of carbonyl (C=O) groups is 1. The average Bonchev–Trinajstić information content (AvgIpc) is 2.89. The van der Waals surface area contributed by atoms with Gasteiger partial charge in [0.05, 0.1) is 18.6 Å². The van der Waals surface area contributed by atoms with E-state index in [1.54, 1.807) is 0 Å². The molecule has 1 aromatic heterocycles. The first-order valence-electron chi connectivity index (χ1n) is 12.2. The van der Waals surface area contributed by atoms with Crippen LogP contribution in [0.1, 0.15) is 37.8 Å². The largest absolute Gasteiger partial charge is 0.493 e. The van der Waals surface area contributed by atoms with E-state index in [0.29, 0.717) is 25.1 Å². The predicted molar refractivity (Wildman–Crippen MR) is 155 cm³/mol. The van der Waals surface area contributed by atoms with Gasteiger partial charge in [0.1, 0.15) is 5.75 Å². The van der Waals surface area contributed by atoms with E-state index in [9.17, 15) is 13.2 Å². The van der Waals surface area contributed by atoms with Gasteiger partial charge >= 0.3 is 0 Å². The second kappa shape index (κ2) is 12.9. The van der Waals surface area contributed by atoms with Crippen molar-refractivity contribution in [2.24, 2.45) is 5.41 Å². The highest BCUT2D eigenvalue weighted by Gasteiger charge is 2.28. The average molecular weight is 572 g/mol. The number of nitrogens with one attached hydrogen (secondary N) is 3. The Morgan fingerprint density at radius 1 is 1.05 bits per heavy atom. The van der Waals surface area contributed by atoms with Crippen LogP contribution in [-0.4, -0.2) is 43.1 Å². The fourth-order valence-electron chi connectivity index (χ4n) is 3.56. The summed E-state index contributed by atoms with van der Waals surface area (Å²) < 4.78 is 38.8. The first-order valence-corrected chi connectivity index (χ1v) is 14.1. The van der Waals surface area contributed by atoms with Crippen LogP contribution < -0.4 is 24.8 Å². The lowest BCUT2D eigenvalue weighted by Gasteiger charge is -2.24. The summed E-state index contributed by atoms with van der Waals surface area (Å²) >= 11 is 5.30. The molecule has 12 heteroatoms. The van der Waals surface area contributed by atoms with Crippen LogP contribution >= 0.6 is 12.2 Å². The first-order chi connectivity index (χ1) is 18.4. The number of carbonyl (C=O) groups excluding carboxylic acids is 1. The zero-order chi connectivity index (χ0) is 28.6. The molecule has 2 aromatic carbocycles. The van der Waals surface area contributed by atoms with Crippen molar-refractivity contribution in [2.45, 2.75) is 45.4 Å². The maximum atomic E-state index is 12.9. The number of nitrogens with zero attached hydrogens (tertiary/aromatic N) is 2. The highest BCUT2D eigenvalue weighted by Crippen LogP contribution is 2.25. The van der Waals surface area contributed by atoms with Gasteiger partial charge in [-0.1, -0.05) is 26.0 Å². The van der Waals surface area contributed by atoms with Crippen molar-refractivity contribution in [3.05, 3.63) is 66.0 Å². The molecule has 0 bridgehead atoms. The minimum atomic E-state index is -3.94. The highest BCUT2D eigenvalue weighted by molar-refractivity contribution is 7.92. The van der Waals surface area contributed by atoms with Gasteiger partial charge < -0.3 is 20.1 Å². The monoisotopic (exact) mass is 571 g/mol. The summed E-state index contributed by atoms with van der Waals surface area (Å²) in [4.78, 5) is 20.7. The van der Waals surface area contributed by atoms with Gasteiger partial charge in [0.2, 0.25) is 11.7 Å². The molecule has 0 aliphatic rings. The number of amides is 1. The van der Waals surface area contributed by atoms with Gasteiger partial charge in [-0.2, -0.15) is 0 Å². The van der Waals surface area contributed by atoms with Gasteiger partial charge in [-0.05, 0) is 80.4 Å². The molecule has 0 aliphatic heterocycles. The maximum absolute atomic E-state index is 12.9. The van der Waals surface area contributed by atoms with Crippen molar-refractivity contribution < 1.29 is 22.7 Å². The lowest BCUT2D eigenvalue weighted by molar-refractivity contribution is -0.128. The molecular weight excluding hydrogens is 538 g/mol. The van der Waals surface area contributed by atoms with E-state index in [-0.39, 0.29) is 27.6 Å². The number of anilines is 2. The predicted octanol–water partition coefficient (Wildman–Crippen LogP) is 4.60. The van der Waals surface area contributed by atoms with Crippen LogP contribution in [0.4, 0.5) is 11.5 Å². The molecule has 1 heterocycles. The van der Waals surface area contributed by atoms with Crippen LogP contribution in [0, 0.1) is 19.3 Å². The van der Waals surface area contributed by atoms with Crippen molar-refractivity contribution in [1.82, 2.24) is 15.3 Å². The van der Waals surface area contributed by atoms with Crippen molar-refractivity contribution in [3.8, 4) is 11.6 Å². The Balaban J connectivity index is 1.50. The topological polar surface area (TPSA) is 132 Å². The van der Waals surface area contributed by atoms with E-state index >= 15 is 0 Å². The Labute approximate surface area is 234 Å². The van der Waals surface area contributed by atoms with Crippen LogP contribution in [0.3, 0.4) is 0 Å². The highest BCUT2D eigenvalue weighted by atomic mass is 32.2. The molecule has 0 spiro atoms. The molecular formula is C27H33N5O5S2. The molecule has 3 aromatic rings. The van der Waals surface area contributed by atoms with Crippen LogP contribution in [0.25, 0.3) is 0 Å². The zero-order valence-corrected chi connectivity index (χ0v) is 24.2. The number of hydrogen-bond donors (Lipinski definition) is 3.